The van der Waals surface area contributed by atoms with E-state index in [0.29, 0.717) is 6.54 Å². The van der Waals surface area contributed by atoms with Gasteiger partial charge in [0, 0.05) is 6.54 Å². The summed E-state index contributed by atoms with van der Waals surface area (Å²) in [4.78, 5) is 23.7. The van der Waals surface area contributed by atoms with Gasteiger partial charge in [0.15, 0.2) is 0 Å². The predicted molar refractivity (Wildman–Crippen MR) is 69.1 cm³/mol. The summed E-state index contributed by atoms with van der Waals surface area (Å²) in [6.07, 6.45) is 3.69. The lowest BCUT2D eigenvalue weighted by molar-refractivity contribution is -0.146. The molecule has 2 N–H and O–H groups in total. The Kier molecular flexibility index (Phi) is 5.59. The van der Waals surface area contributed by atoms with E-state index in [4.69, 9.17) is 0 Å². The van der Waals surface area contributed by atoms with Crippen molar-refractivity contribution < 1.29 is 14.3 Å². The number of piperidine rings is 1. The van der Waals surface area contributed by atoms with Gasteiger partial charge in [0.25, 0.3) is 0 Å². The molecular weight excluding hydrogens is 232 g/mol. The van der Waals surface area contributed by atoms with Gasteiger partial charge in [-0.3, -0.25) is 4.79 Å². The lowest BCUT2D eigenvalue weighted by Gasteiger charge is -2.36. The fraction of sp³-hybridized carbons (Fsp3) is 0.846. The molecular formula is C13H24N2O3. The third-order valence-electron chi connectivity index (χ3n) is 3.58. The molecule has 1 amide bonds. The molecule has 1 fully saturated rings. The first-order valence-electron chi connectivity index (χ1n) is 6.65. The van der Waals surface area contributed by atoms with Crippen LogP contribution in [0.4, 0.5) is 0 Å². The Morgan fingerprint density at radius 3 is 2.72 bits per heavy atom. The fourth-order valence-electron chi connectivity index (χ4n) is 2.55. The predicted octanol–water partition coefficient (Wildman–Crippen LogP) is 0.834. The second-order valence-electron chi connectivity index (χ2n) is 5.03. The molecule has 1 saturated heterocycles. The lowest BCUT2D eigenvalue weighted by atomic mass is 9.76. The largest absolute Gasteiger partial charge is 0.467 e. The minimum Gasteiger partial charge on any atom is -0.467 e. The van der Waals surface area contributed by atoms with Crippen LogP contribution in [0.25, 0.3) is 0 Å². The summed E-state index contributed by atoms with van der Waals surface area (Å²) in [5, 5.41) is 6.05. The molecule has 0 saturated carbocycles. The van der Waals surface area contributed by atoms with Gasteiger partial charge in [-0.05, 0) is 32.7 Å². The van der Waals surface area contributed by atoms with E-state index in [0.717, 1.165) is 32.2 Å². The molecule has 5 nitrogen and oxygen atoms in total. The molecule has 0 aliphatic carbocycles. The van der Waals surface area contributed by atoms with E-state index < -0.39 is 12.0 Å². The van der Waals surface area contributed by atoms with Crippen LogP contribution in [0.5, 0.6) is 0 Å². The molecule has 0 aromatic rings. The quantitative estimate of drug-likeness (QED) is 0.715. The van der Waals surface area contributed by atoms with Crippen molar-refractivity contribution in [3.05, 3.63) is 0 Å². The zero-order chi connectivity index (χ0) is 13.6. The van der Waals surface area contributed by atoms with Crippen LogP contribution in [0.1, 0.15) is 39.5 Å². The van der Waals surface area contributed by atoms with Crippen LogP contribution in [0.2, 0.25) is 0 Å². The van der Waals surface area contributed by atoms with Gasteiger partial charge < -0.3 is 15.4 Å². The molecule has 2 atom stereocenters. The van der Waals surface area contributed by atoms with Crippen molar-refractivity contribution in [2.24, 2.45) is 5.41 Å². The summed E-state index contributed by atoms with van der Waals surface area (Å²) in [5.74, 6) is -0.437. The van der Waals surface area contributed by atoms with Gasteiger partial charge in [0.05, 0.1) is 12.5 Å². The Hall–Kier alpha value is -1.10. The van der Waals surface area contributed by atoms with Crippen LogP contribution in [0.3, 0.4) is 0 Å². The molecule has 1 heterocycles. The molecule has 0 spiro atoms. The van der Waals surface area contributed by atoms with Crippen molar-refractivity contribution in [1.82, 2.24) is 10.6 Å². The van der Waals surface area contributed by atoms with Gasteiger partial charge in [-0.15, -0.1) is 0 Å². The van der Waals surface area contributed by atoms with E-state index in [-0.39, 0.29) is 11.3 Å². The number of methoxy groups -OCH3 is 1. The van der Waals surface area contributed by atoms with E-state index in [2.05, 4.69) is 22.3 Å². The van der Waals surface area contributed by atoms with E-state index in [1.165, 1.54) is 7.11 Å². The van der Waals surface area contributed by atoms with Crippen molar-refractivity contribution >= 4 is 11.9 Å². The number of ether oxygens (including phenoxy) is 1. The van der Waals surface area contributed by atoms with Crippen LogP contribution >= 0.6 is 0 Å². The Morgan fingerprint density at radius 1 is 1.50 bits per heavy atom. The molecule has 0 radical (unpaired) electrons. The number of hydrogen-bond donors (Lipinski definition) is 2. The lowest BCUT2D eigenvalue weighted by Crippen LogP contribution is -2.53. The standard InChI is InChI=1S/C13H24N2O3/c1-4-6-13(7-5-8-14-9-13)12(17)15-10(2)11(16)18-3/h10,14H,4-9H2,1-3H3,(H,15,17)/t10-,13?/m0/s1. The molecule has 0 aromatic heterocycles. The van der Waals surface area contributed by atoms with Gasteiger partial charge in [0.1, 0.15) is 6.04 Å². The summed E-state index contributed by atoms with van der Waals surface area (Å²) >= 11 is 0. The van der Waals surface area contributed by atoms with Crippen LogP contribution in [-0.2, 0) is 14.3 Å². The molecule has 1 rings (SSSR count). The maximum absolute atomic E-state index is 12.4. The van der Waals surface area contributed by atoms with Crippen LogP contribution in [-0.4, -0.2) is 38.1 Å². The zero-order valence-electron chi connectivity index (χ0n) is 11.5. The molecule has 0 aromatic carbocycles. The van der Waals surface area contributed by atoms with Gasteiger partial charge in [0.2, 0.25) is 5.91 Å². The molecule has 104 valence electrons. The molecule has 1 unspecified atom stereocenters. The average Bonchev–Trinajstić information content (AvgIpc) is 2.39. The third-order valence-corrected chi connectivity index (χ3v) is 3.58. The summed E-state index contributed by atoms with van der Waals surface area (Å²) in [6, 6.07) is -0.585. The monoisotopic (exact) mass is 256 g/mol. The zero-order valence-corrected chi connectivity index (χ0v) is 11.5. The Balaban J connectivity index is 2.67. The molecule has 18 heavy (non-hydrogen) atoms. The number of hydrogen-bond acceptors (Lipinski definition) is 4. The number of carbonyl (C=O) groups is 2. The number of nitrogens with one attached hydrogen (secondary N) is 2. The highest BCUT2D eigenvalue weighted by Crippen LogP contribution is 2.31. The number of rotatable bonds is 5. The first kappa shape index (κ1) is 15.0. The van der Waals surface area contributed by atoms with Crippen molar-refractivity contribution in [2.45, 2.75) is 45.6 Å². The second kappa shape index (κ2) is 6.73. The normalized spacial score (nSPS) is 25.3. The maximum atomic E-state index is 12.4. The van der Waals surface area contributed by atoms with Gasteiger partial charge >= 0.3 is 5.97 Å². The SMILES string of the molecule is CCCC1(C(=O)N[C@@H](C)C(=O)OC)CCCNC1. The minimum absolute atomic E-state index is 0.0329. The number of amides is 1. The summed E-state index contributed by atoms with van der Waals surface area (Å²) in [5.41, 5.74) is -0.366. The van der Waals surface area contributed by atoms with E-state index in [1.54, 1.807) is 6.92 Å². The van der Waals surface area contributed by atoms with Crippen LogP contribution in [0, 0.1) is 5.41 Å². The highest BCUT2D eigenvalue weighted by molar-refractivity contribution is 5.88. The minimum atomic E-state index is -0.585. The first-order valence-corrected chi connectivity index (χ1v) is 6.65. The highest BCUT2D eigenvalue weighted by Gasteiger charge is 2.39. The number of esters is 1. The summed E-state index contributed by atoms with van der Waals surface area (Å²) in [7, 11) is 1.33. The van der Waals surface area contributed by atoms with Gasteiger partial charge in [-0.25, -0.2) is 4.79 Å². The van der Waals surface area contributed by atoms with E-state index in [1.807, 2.05) is 0 Å². The topological polar surface area (TPSA) is 67.4 Å². The second-order valence-corrected chi connectivity index (χ2v) is 5.03. The van der Waals surface area contributed by atoms with Crippen LogP contribution in [0.15, 0.2) is 0 Å². The van der Waals surface area contributed by atoms with Gasteiger partial charge in [-0.2, -0.15) is 0 Å². The average molecular weight is 256 g/mol. The number of carbonyl (C=O) groups excluding carboxylic acids is 2. The first-order chi connectivity index (χ1) is 8.55. The summed E-state index contributed by atoms with van der Waals surface area (Å²) in [6.45, 7) is 5.39. The van der Waals surface area contributed by atoms with E-state index in [9.17, 15) is 9.59 Å². The third kappa shape index (κ3) is 3.45. The smallest absolute Gasteiger partial charge is 0.328 e. The van der Waals surface area contributed by atoms with E-state index >= 15 is 0 Å². The van der Waals surface area contributed by atoms with Crippen molar-refractivity contribution in [3.63, 3.8) is 0 Å². The Bertz CT molecular complexity index is 293. The van der Waals surface area contributed by atoms with Crippen molar-refractivity contribution in [2.75, 3.05) is 20.2 Å². The highest BCUT2D eigenvalue weighted by atomic mass is 16.5. The molecule has 1 aliphatic heterocycles. The molecule has 0 bridgehead atoms. The van der Waals surface area contributed by atoms with Gasteiger partial charge in [-0.1, -0.05) is 13.3 Å². The fourth-order valence-corrected chi connectivity index (χ4v) is 2.55. The molecule has 1 aliphatic rings. The Labute approximate surface area is 109 Å². The maximum Gasteiger partial charge on any atom is 0.328 e. The molecule has 5 heteroatoms. The van der Waals surface area contributed by atoms with Crippen molar-refractivity contribution in [3.8, 4) is 0 Å². The van der Waals surface area contributed by atoms with Crippen molar-refractivity contribution in [1.29, 1.82) is 0 Å². The van der Waals surface area contributed by atoms with Crippen LogP contribution < -0.4 is 10.6 Å². The Morgan fingerprint density at radius 2 is 2.22 bits per heavy atom. The summed E-state index contributed by atoms with van der Waals surface area (Å²) < 4.78 is 4.62.